The van der Waals surface area contributed by atoms with Crippen LogP contribution in [0.25, 0.3) is 5.69 Å². The molecule has 0 radical (unpaired) electrons. The minimum atomic E-state index is -0.259. The number of carbonyl (C=O) groups is 2. The molecule has 2 aliphatic rings. The predicted octanol–water partition coefficient (Wildman–Crippen LogP) is 1.41. The van der Waals surface area contributed by atoms with E-state index in [-0.39, 0.29) is 18.5 Å². The maximum atomic E-state index is 13.1. The van der Waals surface area contributed by atoms with Gasteiger partial charge in [0.15, 0.2) is 5.82 Å². The van der Waals surface area contributed by atoms with Gasteiger partial charge in [-0.3, -0.25) is 19.6 Å². The third kappa shape index (κ3) is 2.98. The molecule has 0 bridgehead atoms. The molecule has 28 heavy (non-hydrogen) atoms. The molecule has 146 valence electrons. The molecular weight excluding hydrogens is 360 g/mol. The van der Waals surface area contributed by atoms with Crippen molar-refractivity contribution in [3.05, 3.63) is 36.0 Å². The molecule has 0 unspecified atom stereocenters. The van der Waals surface area contributed by atoms with Crippen LogP contribution in [0.15, 0.2) is 35.5 Å². The molecule has 1 N–H and O–H groups in total. The van der Waals surface area contributed by atoms with E-state index in [1.165, 1.54) is 4.90 Å². The Balaban J connectivity index is 1.76. The Hall–Kier alpha value is -3.36. The number of hydrogen-bond acceptors (Lipinski definition) is 5. The number of urea groups is 1. The van der Waals surface area contributed by atoms with Crippen molar-refractivity contribution in [2.45, 2.75) is 13.3 Å². The number of carbonyl (C=O) groups excluding carboxylic acids is 2. The standard InChI is InChI=1S/C19H22N6O3/c1-3-8-20-16(26)12-24-18-15(17-21-9-10-23(17)19(24)27)11-22-25(18)13-4-6-14(28-2)7-5-13/h4-7,11H,3,8-10,12H2,1-2H3,(H,20,26). The lowest BCUT2D eigenvalue weighted by Gasteiger charge is -2.33. The average Bonchev–Trinajstić information content (AvgIpc) is 3.36. The van der Waals surface area contributed by atoms with Gasteiger partial charge in [-0.25, -0.2) is 9.48 Å². The lowest BCUT2D eigenvalue weighted by Crippen LogP contribution is -2.53. The van der Waals surface area contributed by atoms with Crippen LogP contribution < -0.4 is 15.0 Å². The summed E-state index contributed by atoms with van der Waals surface area (Å²) in [6.45, 7) is 3.54. The zero-order chi connectivity index (χ0) is 19.7. The van der Waals surface area contributed by atoms with Gasteiger partial charge in [0.2, 0.25) is 5.91 Å². The molecule has 9 heteroatoms. The fourth-order valence-electron chi connectivity index (χ4n) is 3.38. The van der Waals surface area contributed by atoms with E-state index in [0.29, 0.717) is 31.3 Å². The van der Waals surface area contributed by atoms with E-state index in [1.807, 2.05) is 31.2 Å². The minimum absolute atomic E-state index is 0.0720. The van der Waals surface area contributed by atoms with E-state index in [2.05, 4.69) is 15.4 Å². The number of anilines is 1. The number of nitrogens with one attached hydrogen (secondary N) is 1. The number of nitrogens with zero attached hydrogens (tertiary/aromatic N) is 5. The van der Waals surface area contributed by atoms with Crippen molar-refractivity contribution in [1.82, 2.24) is 20.0 Å². The van der Waals surface area contributed by atoms with Crippen LogP contribution in [-0.4, -0.2) is 65.7 Å². The van der Waals surface area contributed by atoms with Crippen LogP contribution in [0.2, 0.25) is 0 Å². The van der Waals surface area contributed by atoms with Crippen LogP contribution in [0.3, 0.4) is 0 Å². The van der Waals surface area contributed by atoms with Crippen molar-refractivity contribution in [2.24, 2.45) is 4.99 Å². The summed E-state index contributed by atoms with van der Waals surface area (Å²) in [4.78, 5) is 33.0. The van der Waals surface area contributed by atoms with Gasteiger partial charge in [-0.2, -0.15) is 5.10 Å². The summed E-state index contributed by atoms with van der Waals surface area (Å²) in [5.41, 5.74) is 1.51. The number of fused-ring (bicyclic) bond motifs is 3. The van der Waals surface area contributed by atoms with Crippen LogP contribution >= 0.6 is 0 Å². The van der Waals surface area contributed by atoms with Crippen LogP contribution in [-0.2, 0) is 4.79 Å². The Morgan fingerprint density at radius 2 is 2.07 bits per heavy atom. The van der Waals surface area contributed by atoms with Gasteiger partial charge in [-0.05, 0) is 30.7 Å². The highest BCUT2D eigenvalue weighted by Crippen LogP contribution is 2.33. The second-order valence-electron chi connectivity index (χ2n) is 6.57. The summed E-state index contributed by atoms with van der Waals surface area (Å²) in [6, 6.07) is 7.10. The molecule has 0 spiro atoms. The number of amidine groups is 1. The molecular formula is C19H22N6O3. The fourth-order valence-corrected chi connectivity index (χ4v) is 3.38. The Bertz CT molecular complexity index is 934. The Labute approximate surface area is 162 Å². The monoisotopic (exact) mass is 382 g/mol. The number of aliphatic imine (C=N–C) groups is 1. The largest absolute Gasteiger partial charge is 0.497 e. The number of aromatic nitrogens is 2. The maximum Gasteiger partial charge on any atom is 0.331 e. The van der Waals surface area contributed by atoms with Crippen molar-refractivity contribution in [2.75, 3.05) is 38.2 Å². The molecule has 2 aliphatic heterocycles. The zero-order valence-corrected chi connectivity index (χ0v) is 15.9. The Morgan fingerprint density at radius 3 is 2.79 bits per heavy atom. The predicted molar refractivity (Wildman–Crippen MR) is 104 cm³/mol. The van der Waals surface area contributed by atoms with Crippen LogP contribution in [0.1, 0.15) is 18.9 Å². The highest BCUT2D eigenvalue weighted by Gasteiger charge is 2.41. The minimum Gasteiger partial charge on any atom is -0.497 e. The summed E-state index contributed by atoms with van der Waals surface area (Å²) in [5.74, 6) is 1.69. The van der Waals surface area contributed by atoms with Gasteiger partial charge in [0.05, 0.1) is 31.1 Å². The van der Waals surface area contributed by atoms with Crippen molar-refractivity contribution < 1.29 is 14.3 Å². The first-order valence-electron chi connectivity index (χ1n) is 9.27. The molecule has 0 saturated heterocycles. The number of benzene rings is 1. The molecule has 1 aromatic carbocycles. The quantitative estimate of drug-likeness (QED) is 0.818. The van der Waals surface area contributed by atoms with Crippen LogP contribution in [0.4, 0.5) is 10.6 Å². The molecule has 0 saturated carbocycles. The number of hydrogen-bond donors (Lipinski definition) is 1. The van der Waals surface area contributed by atoms with Crippen molar-refractivity contribution in [3.63, 3.8) is 0 Å². The summed E-state index contributed by atoms with van der Waals surface area (Å²) in [7, 11) is 1.60. The molecule has 0 aliphatic carbocycles. The van der Waals surface area contributed by atoms with E-state index >= 15 is 0 Å². The first-order valence-corrected chi connectivity index (χ1v) is 9.27. The van der Waals surface area contributed by atoms with E-state index in [0.717, 1.165) is 23.4 Å². The third-order valence-corrected chi connectivity index (χ3v) is 4.73. The lowest BCUT2D eigenvalue weighted by atomic mass is 10.2. The molecule has 2 aromatic rings. The Kier molecular flexibility index (Phi) is 4.72. The van der Waals surface area contributed by atoms with E-state index in [4.69, 9.17) is 4.74 Å². The number of rotatable bonds is 6. The van der Waals surface area contributed by atoms with Gasteiger partial charge in [-0.15, -0.1) is 0 Å². The highest BCUT2D eigenvalue weighted by atomic mass is 16.5. The second kappa shape index (κ2) is 7.34. The molecule has 4 rings (SSSR count). The van der Waals surface area contributed by atoms with E-state index < -0.39 is 0 Å². The first-order chi connectivity index (χ1) is 13.6. The molecule has 1 aromatic heterocycles. The Morgan fingerprint density at radius 1 is 1.29 bits per heavy atom. The smallest absolute Gasteiger partial charge is 0.331 e. The van der Waals surface area contributed by atoms with Crippen molar-refractivity contribution >= 4 is 23.6 Å². The fraction of sp³-hybridized carbons (Fsp3) is 0.368. The van der Waals surface area contributed by atoms with E-state index in [1.54, 1.807) is 22.9 Å². The van der Waals surface area contributed by atoms with Gasteiger partial charge in [0.25, 0.3) is 0 Å². The van der Waals surface area contributed by atoms with Crippen LogP contribution in [0.5, 0.6) is 5.75 Å². The van der Waals surface area contributed by atoms with Gasteiger partial charge in [0, 0.05) is 13.1 Å². The molecule has 0 atom stereocenters. The first kappa shape index (κ1) is 18.0. The summed E-state index contributed by atoms with van der Waals surface area (Å²) < 4.78 is 6.88. The number of ether oxygens (including phenoxy) is 1. The average molecular weight is 382 g/mol. The van der Waals surface area contributed by atoms with Gasteiger partial charge in [0.1, 0.15) is 18.1 Å². The van der Waals surface area contributed by atoms with Crippen molar-refractivity contribution in [1.29, 1.82) is 0 Å². The second-order valence-corrected chi connectivity index (χ2v) is 6.57. The van der Waals surface area contributed by atoms with Crippen molar-refractivity contribution in [3.8, 4) is 11.4 Å². The molecule has 3 amide bonds. The lowest BCUT2D eigenvalue weighted by molar-refractivity contribution is -0.119. The molecule has 0 fully saturated rings. The normalized spacial score (nSPS) is 15.2. The maximum absolute atomic E-state index is 13.1. The third-order valence-electron chi connectivity index (χ3n) is 4.73. The molecule has 3 heterocycles. The summed E-state index contributed by atoms with van der Waals surface area (Å²) >= 11 is 0. The number of methoxy groups -OCH3 is 1. The SMILES string of the molecule is CCCNC(=O)CN1C(=O)N2CCN=C2c2cnn(-c3ccc(OC)cc3)c21. The highest BCUT2D eigenvalue weighted by molar-refractivity contribution is 6.20. The van der Waals surface area contributed by atoms with Gasteiger partial charge >= 0.3 is 6.03 Å². The van der Waals surface area contributed by atoms with E-state index in [9.17, 15) is 9.59 Å². The topological polar surface area (TPSA) is 92.1 Å². The van der Waals surface area contributed by atoms with Gasteiger partial charge < -0.3 is 10.1 Å². The van der Waals surface area contributed by atoms with Crippen LogP contribution in [0, 0.1) is 0 Å². The summed E-state index contributed by atoms with van der Waals surface area (Å²) in [5, 5.41) is 7.31. The number of amides is 3. The zero-order valence-electron chi connectivity index (χ0n) is 15.9. The van der Waals surface area contributed by atoms with Gasteiger partial charge in [-0.1, -0.05) is 6.92 Å². The summed E-state index contributed by atoms with van der Waals surface area (Å²) in [6.07, 6.45) is 2.53. The molecule has 9 nitrogen and oxygen atoms in total.